The summed E-state index contributed by atoms with van der Waals surface area (Å²) < 4.78 is 5.71. The van der Waals surface area contributed by atoms with E-state index in [0.717, 1.165) is 12.0 Å². The predicted octanol–water partition coefficient (Wildman–Crippen LogP) is 4.18. The maximum Gasteiger partial charge on any atom is 0.342 e. The van der Waals surface area contributed by atoms with E-state index in [9.17, 15) is 9.59 Å². The van der Waals surface area contributed by atoms with E-state index in [2.05, 4.69) is 25.4 Å². The molecule has 0 spiro atoms. The first kappa shape index (κ1) is 20.3. The van der Waals surface area contributed by atoms with Crippen molar-refractivity contribution < 1.29 is 4.74 Å². The Morgan fingerprint density at radius 1 is 1.11 bits per heavy atom. The molecule has 2 aromatic heterocycles. The summed E-state index contributed by atoms with van der Waals surface area (Å²) in [5.41, 5.74) is -0.333. The van der Waals surface area contributed by atoms with Gasteiger partial charge in [0, 0.05) is 11.6 Å². The van der Waals surface area contributed by atoms with Crippen LogP contribution in [0.2, 0.25) is 15.2 Å². The summed E-state index contributed by atoms with van der Waals surface area (Å²) >= 11 is 18.7. The highest BCUT2D eigenvalue weighted by Crippen LogP contribution is 2.39. The minimum atomic E-state index is -0.718. The Labute approximate surface area is 173 Å². The lowest BCUT2D eigenvalue weighted by molar-refractivity contribution is 0.453. The van der Waals surface area contributed by atoms with E-state index in [1.54, 1.807) is 6.07 Å². The van der Waals surface area contributed by atoms with Crippen LogP contribution < -0.4 is 16.0 Å². The lowest BCUT2D eigenvalue weighted by atomic mass is 10.0. The summed E-state index contributed by atoms with van der Waals surface area (Å²) in [6, 6.07) is 4.56. The van der Waals surface area contributed by atoms with Crippen molar-refractivity contribution in [2.45, 2.75) is 26.2 Å². The lowest BCUT2D eigenvalue weighted by Crippen LogP contribution is -2.25. The van der Waals surface area contributed by atoms with Crippen molar-refractivity contribution in [1.29, 1.82) is 0 Å². The molecule has 2 N–H and O–H groups in total. The average molecular weight is 443 g/mol. The molecule has 1 atom stereocenters. The van der Waals surface area contributed by atoms with Gasteiger partial charge < -0.3 is 4.74 Å². The van der Waals surface area contributed by atoms with Crippen LogP contribution in [-0.4, -0.2) is 25.4 Å². The Morgan fingerprint density at radius 2 is 1.79 bits per heavy atom. The van der Waals surface area contributed by atoms with Gasteiger partial charge in [-0.25, -0.2) is 9.89 Å². The first-order valence-corrected chi connectivity index (χ1v) is 9.33. The normalized spacial score (nSPS) is 12.0. The molecule has 1 aromatic carbocycles. The van der Waals surface area contributed by atoms with Crippen molar-refractivity contribution in [3.8, 4) is 22.9 Å². The smallest absolute Gasteiger partial charge is 0.342 e. The van der Waals surface area contributed by atoms with Crippen molar-refractivity contribution >= 4 is 34.8 Å². The van der Waals surface area contributed by atoms with Crippen LogP contribution in [0.25, 0.3) is 11.3 Å². The van der Waals surface area contributed by atoms with Crippen LogP contribution in [0.5, 0.6) is 11.6 Å². The van der Waals surface area contributed by atoms with Crippen molar-refractivity contribution in [3.05, 3.63) is 59.8 Å². The minimum Gasteiger partial charge on any atom is -0.434 e. The molecular formula is C17H14Cl3N5O3. The molecule has 11 heteroatoms. The molecule has 3 aromatic rings. The fraction of sp³-hybridized carbons (Fsp3) is 0.235. The average Bonchev–Trinajstić information content (AvgIpc) is 2.65. The van der Waals surface area contributed by atoms with Gasteiger partial charge in [0.25, 0.3) is 5.56 Å². The number of aromatic amines is 2. The van der Waals surface area contributed by atoms with Gasteiger partial charge in [-0.1, -0.05) is 48.7 Å². The highest BCUT2D eigenvalue weighted by atomic mass is 35.5. The zero-order valence-electron chi connectivity index (χ0n) is 14.7. The largest absolute Gasteiger partial charge is 0.434 e. The molecule has 2 heterocycles. The topological polar surface area (TPSA) is 114 Å². The number of halogens is 3. The molecule has 28 heavy (non-hydrogen) atoms. The van der Waals surface area contributed by atoms with Gasteiger partial charge in [-0.2, -0.15) is 5.10 Å². The zero-order chi connectivity index (χ0) is 20.4. The summed E-state index contributed by atoms with van der Waals surface area (Å²) in [6.45, 7) is 4.04. The summed E-state index contributed by atoms with van der Waals surface area (Å²) in [7, 11) is 0. The molecule has 0 bridgehead atoms. The molecule has 0 aliphatic rings. The van der Waals surface area contributed by atoms with E-state index in [1.807, 2.05) is 13.8 Å². The Kier molecular flexibility index (Phi) is 6.02. The molecule has 8 nitrogen and oxygen atoms in total. The Balaban J connectivity index is 1.98. The maximum absolute atomic E-state index is 11.9. The lowest BCUT2D eigenvalue weighted by Gasteiger charge is -2.13. The Bertz CT molecular complexity index is 1120. The summed E-state index contributed by atoms with van der Waals surface area (Å²) in [5.74, 6) is 0.479. The number of nitrogens with zero attached hydrogens (tertiary/aromatic N) is 3. The van der Waals surface area contributed by atoms with Crippen molar-refractivity contribution in [1.82, 2.24) is 25.4 Å². The van der Waals surface area contributed by atoms with Gasteiger partial charge in [-0.05, 0) is 30.0 Å². The van der Waals surface area contributed by atoms with Crippen LogP contribution >= 0.6 is 34.8 Å². The molecule has 0 fully saturated rings. The van der Waals surface area contributed by atoms with Gasteiger partial charge in [-0.15, -0.1) is 10.2 Å². The SMILES string of the molecule is CCC(C)c1cc(Oc2c(Cl)cc(-c3n[nH]c(=O)[nH]c3=O)cc2Cl)nnc1Cl. The van der Waals surface area contributed by atoms with Gasteiger partial charge in [0.2, 0.25) is 5.88 Å². The van der Waals surface area contributed by atoms with Gasteiger partial charge in [0.15, 0.2) is 16.6 Å². The Hall–Kier alpha value is -2.42. The molecule has 0 aliphatic carbocycles. The highest BCUT2D eigenvalue weighted by molar-refractivity contribution is 6.37. The molecule has 3 rings (SSSR count). The van der Waals surface area contributed by atoms with E-state index in [4.69, 9.17) is 39.5 Å². The van der Waals surface area contributed by atoms with E-state index < -0.39 is 11.2 Å². The van der Waals surface area contributed by atoms with Crippen molar-refractivity contribution in [3.63, 3.8) is 0 Å². The van der Waals surface area contributed by atoms with Crippen LogP contribution in [0.3, 0.4) is 0 Å². The van der Waals surface area contributed by atoms with Crippen LogP contribution in [0.15, 0.2) is 27.8 Å². The number of rotatable bonds is 5. The van der Waals surface area contributed by atoms with Crippen LogP contribution in [0.4, 0.5) is 0 Å². The van der Waals surface area contributed by atoms with E-state index >= 15 is 0 Å². The fourth-order valence-electron chi connectivity index (χ4n) is 2.43. The monoisotopic (exact) mass is 441 g/mol. The van der Waals surface area contributed by atoms with E-state index in [1.165, 1.54) is 12.1 Å². The molecule has 0 saturated heterocycles. The molecule has 1 unspecified atom stereocenters. The molecule has 0 aliphatic heterocycles. The number of hydrogen-bond donors (Lipinski definition) is 2. The second-order valence-corrected chi connectivity index (χ2v) is 7.14. The summed E-state index contributed by atoms with van der Waals surface area (Å²) in [5, 5.41) is 14.2. The molecule has 0 saturated carbocycles. The molecular weight excluding hydrogens is 429 g/mol. The fourth-order valence-corrected chi connectivity index (χ4v) is 3.27. The molecule has 0 radical (unpaired) electrons. The number of benzene rings is 1. The third-order valence-electron chi connectivity index (χ3n) is 4.09. The van der Waals surface area contributed by atoms with Gasteiger partial charge >= 0.3 is 5.69 Å². The number of aromatic nitrogens is 5. The first-order chi connectivity index (χ1) is 13.3. The Morgan fingerprint density at radius 3 is 2.39 bits per heavy atom. The zero-order valence-corrected chi connectivity index (χ0v) is 17.0. The number of nitrogens with one attached hydrogen (secondary N) is 2. The number of ether oxygens (including phenoxy) is 1. The maximum atomic E-state index is 11.9. The molecule has 0 amide bonds. The van der Waals surface area contributed by atoms with Gasteiger partial charge in [-0.3, -0.25) is 9.78 Å². The van der Waals surface area contributed by atoms with E-state index in [-0.39, 0.29) is 33.3 Å². The third-order valence-corrected chi connectivity index (χ3v) is 4.94. The minimum absolute atomic E-state index is 0.0414. The number of H-pyrrole nitrogens is 2. The van der Waals surface area contributed by atoms with Crippen LogP contribution in [0, 0.1) is 0 Å². The highest BCUT2D eigenvalue weighted by Gasteiger charge is 2.17. The standard InChI is InChI=1S/C17H14Cl3N5O3/c1-3-7(2)9-6-12(22-24-15(9)20)28-14-10(18)4-8(5-11(14)19)13-16(26)21-17(27)25-23-13/h4-7H,3H2,1-2H3,(H2,21,25,26,27). The second-order valence-electron chi connectivity index (χ2n) is 5.96. The predicted molar refractivity (Wildman–Crippen MR) is 107 cm³/mol. The number of hydrogen-bond acceptors (Lipinski definition) is 6. The van der Waals surface area contributed by atoms with Crippen molar-refractivity contribution in [2.24, 2.45) is 0 Å². The first-order valence-electron chi connectivity index (χ1n) is 8.19. The van der Waals surface area contributed by atoms with Gasteiger partial charge in [0.1, 0.15) is 0 Å². The summed E-state index contributed by atoms with van der Waals surface area (Å²) in [6.07, 6.45) is 0.863. The van der Waals surface area contributed by atoms with Crippen LogP contribution in [0.1, 0.15) is 31.7 Å². The third kappa shape index (κ3) is 4.19. The summed E-state index contributed by atoms with van der Waals surface area (Å²) in [4.78, 5) is 25.1. The van der Waals surface area contributed by atoms with Gasteiger partial charge in [0.05, 0.1) is 10.0 Å². The second kappa shape index (κ2) is 8.30. The van der Waals surface area contributed by atoms with Crippen LogP contribution in [-0.2, 0) is 0 Å². The quantitative estimate of drug-likeness (QED) is 0.612. The van der Waals surface area contributed by atoms with E-state index in [0.29, 0.717) is 10.7 Å². The molecule has 146 valence electrons. The van der Waals surface area contributed by atoms with Crippen molar-refractivity contribution in [2.75, 3.05) is 0 Å².